The number of rotatable bonds is 6. The zero-order valence-electron chi connectivity index (χ0n) is 16.1. The van der Waals surface area contributed by atoms with Crippen LogP contribution in [0.3, 0.4) is 0 Å². The van der Waals surface area contributed by atoms with E-state index in [0.29, 0.717) is 22.3 Å². The van der Waals surface area contributed by atoms with Gasteiger partial charge in [0, 0.05) is 42.8 Å². The Morgan fingerprint density at radius 2 is 2.10 bits per heavy atom. The van der Waals surface area contributed by atoms with Crippen molar-refractivity contribution in [3.8, 4) is 5.75 Å². The fraction of sp³-hybridized carbons (Fsp3) is 0.333. The summed E-state index contributed by atoms with van der Waals surface area (Å²) in [7, 11) is 1.63. The molecule has 152 valence electrons. The van der Waals surface area contributed by atoms with Crippen molar-refractivity contribution in [2.45, 2.75) is 0 Å². The summed E-state index contributed by atoms with van der Waals surface area (Å²) in [6, 6.07) is 12.8. The van der Waals surface area contributed by atoms with Gasteiger partial charge in [-0.1, -0.05) is 29.0 Å². The summed E-state index contributed by atoms with van der Waals surface area (Å²) in [6.07, 6.45) is 0. The van der Waals surface area contributed by atoms with Crippen LogP contribution in [0.5, 0.6) is 5.75 Å². The van der Waals surface area contributed by atoms with Gasteiger partial charge >= 0.3 is 0 Å². The monoisotopic (exact) mass is 431 g/mol. The minimum absolute atomic E-state index is 0.105. The van der Waals surface area contributed by atoms with Gasteiger partial charge in [0.05, 0.1) is 30.5 Å². The van der Waals surface area contributed by atoms with Gasteiger partial charge in [-0.05, 0) is 30.3 Å². The predicted molar refractivity (Wildman–Crippen MR) is 117 cm³/mol. The van der Waals surface area contributed by atoms with Gasteiger partial charge in [-0.15, -0.1) is 0 Å². The Morgan fingerprint density at radius 3 is 2.86 bits per heavy atom. The number of amides is 1. The van der Waals surface area contributed by atoms with Crippen LogP contribution in [-0.2, 0) is 4.74 Å². The van der Waals surface area contributed by atoms with Crippen LogP contribution in [0.15, 0.2) is 42.5 Å². The average molecular weight is 432 g/mol. The number of hydrogen-bond donors (Lipinski definition) is 0. The third-order valence-corrected chi connectivity index (χ3v) is 6.17. The molecule has 2 aromatic carbocycles. The molecule has 0 radical (unpaired) electrons. The minimum Gasteiger partial charge on any atom is -0.497 e. The van der Waals surface area contributed by atoms with E-state index in [1.54, 1.807) is 36.3 Å². The molecule has 0 bridgehead atoms. The van der Waals surface area contributed by atoms with Crippen molar-refractivity contribution < 1.29 is 14.3 Å². The molecule has 0 aliphatic carbocycles. The minimum atomic E-state index is -0.105. The highest BCUT2D eigenvalue weighted by molar-refractivity contribution is 7.22. The van der Waals surface area contributed by atoms with E-state index in [9.17, 15) is 4.79 Å². The lowest BCUT2D eigenvalue weighted by Gasteiger charge is -2.29. The zero-order chi connectivity index (χ0) is 20.2. The summed E-state index contributed by atoms with van der Waals surface area (Å²) in [5.41, 5.74) is 1.37. The normalized spacial score (nSPS) is 14.8. The fourth-order valence-electron chi connectivity index (χ4n) is 3.27. The lowest BCUT2D eigenvalue weighted by molar-refractivity contribution is 0.0391. The zero-order valence-corrected chi connectivity index (χ0v) is 17.7. The molecule has 1 saturated heterocycles. The first-order valence-corrected chi connectivity index (χ1v) is 10.7. The Labute approximate surface area is 178 Å². The number of ether oxygens (including phenoxy) is 2. The fourth-order valence-corrected chi connectivity index (χ4v) is 4.43. The number of benzene rings is 2. The van der Waals surface area contributed by atoms with Crippen molar-refractivity contribution in [2.75, 3.05) is 51.4 Å². The van der Waals surface area contributed by atoms with E-state index in [1.807, 2.05) is 18.2 Å². The van der Waals surface area contributed by atoms with E-state index in [2.05, 4.69) is 4.90 Å². The molecule has 6 nitrogen and oxygen atoms in total. The molecule has 4 rings (SSSR count). The molecule has 0 spiro atoms. The van der Waals surface area contributed by atoms with Gasteiger partial charge in [-0.3, -0.25) is 14.6 Å². The Morgan fingerprint density at radius 1 is 1.28 bits per heavy atom. The van der Waals surface area contributed by atoms with Crippen LogP contribution >= 0.6 is 22.9 Å². The van der Waals surface area contributed by atoms with Gasteiger partial charge in [-0.25, -0.2) is 4.98 Å². The third-order valence-electron chi connectivity index (χ3n) is 4.87. The van der Waals surface area contributed by atoms with Gasteiger partial charge in [0.25, 0.3) is 5.91 Å². The van der Waals surface area contributed by atoms with Crippen molar-refractivity contribution in [1.29, 1.82) is 0 Å². The molecule has 1 aliphatic rings. The van der Waals surface area contributed by atoms with Crippen LogP contribution in [-0.4, -0.2) is 62.3 Å². The second-order valence-electron chi connectivity index (χ2n) is 6.75. The van der Waals surface area contributed by atoms with Crippen LogP contribution < -0.4 is 9.64 Å². The van der Waals surface area contributed by atoms with E-state index >= 15 is 0 Å². The predicted octanol–water partition coefficient (Wildman–Crippen LogP) is 3.94. The smallest absolute Gasteiger partial charge is 0.260 e. The van der Waals surface area contributed by atoms with E-state index in [4.69, 9.17) is 26.1 Å². The van der Waals surface area contributed by atoms with Gasteiger partial charge in [-0.2, -0.15) is 0 Å². The van der Waals surface area contributed by atoms with Crippen molar-refractivity contribution >= 4 is 44.2 Å². The molecule has 3 aromatic rings. The number of halogens is 1. The number of anilines is 1. The van der Waals surface area contributed by atoms with Gasteiger partial charge in [0.1, 0.15) is 5.75 Å². The Kier molecular flexibility index (Phi) is 6.30. The van der Waals surface area contributed by atoms with Crippen molar-refractivity contribution in [3.05, 3.63) is 53.1 Å². The van der Waals surface area contributed by atoms with Crippen LogP contribution in [0.1, 0.15) is 10.4 Å². The van der Waals surface area contributed by atoms with Gasteiger partial charge in [0.15, 0.2) is 5.13 Å². The number of thiazole rings is 1. The topological polar surface area (TPSA) is 54.9 Å². The highest BCUT2D eigenvalue weighted by Crippen LogP contribution is 2.32. The maximum atomic E-state index is 13.3. The second-order valence-corrected chi connectivity index (χ2v) is 8.20. The summed E-state index contributed by atoms with van der Waals surface area (Å²) in [4.78, 5) is 22.1. The number of hydrogen-bond acceptors (Lipinski definition) is 6. The Hall–Kier alpha value is -2.19. The van der Waals surface area contributed by atoms with E-state index in [0.717, 1.165) is 48.8 Å². The summed E-state index contributed by atoms with van der Waals surface area (Å²) in [6.45, 7) is 4.50. The molecule has 0 N–H and O–H groups in total. The highest BCUT2D eigenvalue weighted by Gasteiger charge is 2.23. The van der Waals surface area contributed by atoms with E-state index in [-0.39, 0.29) is 5.91 Å². The summed E-state index contributed by atoms with van der Waals surface area (Å²) in [5, 5.41) is 1.21. The average Bonchev–Trinajstić information content (AvgIpc) is 3.17. The number of aromatic nitrogens is 1. The number of nitrogens with zero attached hydrogens (tertiary/aromatic N) is 3. The van der Waals surface area contributed by atoms with E-state index in [1.165, 1.54) is 11.3 Å². The number of methoxy groups -OCH3 is 1. The molecule has 1 aromatic heterocycles. The standard InChI is InChI=1S/C21H22ClN3O3S/c1-27-17-5-6-19-18(14-17)23-21(29-19)25(8-7-24-9-11-28-12-10-24)20(26)15-3-2-4-16(22)13-15/h2-6,13-14H,7-12H2,1H3. The van der Waals surface area contributed by atoms with Crippen molar-refractivity contribution in [3.63, 3.8) is 0 Å². The van der Waals surface area contributed by atoms with Gasteiger partial charge < -0.3 is 9.47 Å². The first-order valence-electron chi connectivity index (χ1n) is 9.46. The summed E-state index contributed by atoms with van der Waals surface area (Å²) in [5.74, 6) is 0.641. The molecule has 1 amide bonds. The maximum absolute atomic E-state index is 13.3. The SMILES string of the molecule is COc1ccc2sc(N(CCN3CCOCC3)C(=O)c3cccc(Cl)c3)nc2c1. The second kappa shape index (κ2) is 9.09. The number of carbonyl (C=O) groups excluding carboxylic acids is 1. The van der Waals surface area contributed by atoms with Crippen LogP contribution in [0.4, 0.5) is 5.13 Å². The molecule has 1 aliphatic heterocycles. The summed E-state index contributed by atoms with van der Waals surface area (Å²) < 4.78 is 11.7. The molecule has 2 heterocycles. The van der Waals surface area contributed by atoms with Gasteiger partial charge in [0.2, 0.25) is 0 Å². The molecular formula is C21H22ClN3O3S. The van der Waals surface area contributed by atoms with Crippen LogP contribution in [0.25, 0.3) is 10.2 Å². The van der Waals surface area contributed by atoms with Crippen LogP contribution in [0.2, 0.25) is 5.02 Å². The highest BCUT2D eigenvalue weighted by atomic mass is 35.5. The third kappa shape index (κ3) is 4.70. The first kappa shape index (κ1) is 20.1. The molecule has 1 fully saturated rings. The van der Waals surface area contributed by atoms with Crippen molar-refractivity contribution in [1.82, 2.24) is 9.88 Å². The first-order chi connectivity index (χ1) is 14.1. The summed E-state index contributed by atoms with van der Waals surface area (Å²) >= 11 is 7.62. The Balaban J connectivity index is 1.64. The van der Waals surface area contributed by atoms with E-state index < -0.39 is 0 Å². The molecule has 29 heavy (non-hydrogen) atoms. The molecule has 8 heteroatoms. The molecule has 0 unspecified atom stereocenters. The Bertz CT molecular complexity index is 1000. The number of fused-ring (bicyclic) bond motifs is 1. The largest absolute Gasteiger partial charge is 0.497 e. The molecule has 0 atom stereocenters. The van der Waals surface area contributed by atoms with Crippen LogP contribution in [0, 0.1) is 0 Å². The van der Waals surface area contributed by atoms with Crippen molar-refractivity contribution in [2.24, 2.45) is 0 Å². The lowest BCUT2D eigenvalue weighted by Crippen LogP contribution is -2.43. The molecule has 0 saturated carbocycles. The lowest BCUT2D eigenvalue weighted by atomic mass is 10.2. The number of carbonyl (C=O) groups is 1. The number of morpholine rings is 1. The molecular weight excluding hydrogens is 410 g/mol. The quantitative estimate of drug-likeness (QED) is 0.591. The maximum Gasteiger partial charge on any atom is 0.260 e.